The largest absolute Gasteiger partial charge is 0.548 e. The third-order valence-corrected chi connectivity index (χ3v) is 12.1. The van der Waals surface area contributed by atoms with Crippen LogP contribution in [-0.2, 0) is 57.6 Å². The molecule has 1 fully saturated rings. The molecule has 23 heteroatoms. The van der Waals surface area contributed by atoms with Gasteiger partial charge in [0.1, 0.15) is 48.6 Å². The number of carboxylic acids is 1. The minimum absolute atomic E-state index is 0.0134. The number of phenols is 1. The van der Waals surface area contributed by atoms with E-state index in [0.29, 0.717) is 23.2 Å². The predicted octanol–water partition coefficient (Wildman–Crippen LogP) is -3.43. The number of aliphatic hydroxyl groups excluding tert-OH is 2. The molecule has 71 heavy (non-hydrogen) atoms. The number of nitrogens with zero attached hydrogens (tertiary/aromatic N) is 2. The van der Waals surface area contributed by atoms with E-state index < -0.39 is 115 Å². The van der Waals surface area contributed by atoms with Crippen molar-refractivity contribution >= 4 is 58.2 Å². The van der Waals surface area contributed by atoms with E-state index in [1.165, 1.54) is 41.7 Å². The molecule has 7 amide bonds. The zero-order valence-corrected chi connectivity index (χ0v) is 40.1. The number of H-pyrrole nitrogens is 2. The van der Waals surface area contributed by atoms with Crippen molar-refractivity contribution in [2.24, 2.45) is 11.8 Å². The van der Waals surface area contributed by atoms with Crippen molar-refractivity contribution in [2.75, 3.05) is 19.8 Å². The van der Waals surface area contributed by atoms with Crippen molar-refractivity contribution < 1.29 is 64.5 Å². The van der Waals surface area contributed by atoms with Gasteiger partial charge in [0.25, 0.3) is 5.91 Å². The number of rotatable bonds is 25. The molecule has 23 nitrogen and oxygen atoms in total. The molecule has 2 aromatic heterocycles. The molecule has 0 aliphatic carbocycles. The number of carbonyl (C=O) groups excluding carboxylic acids is 8. The summed E-state index contributed by atoms with van der Waals surface area (Å²) in [5.41, 5.74) is 5.99. The van der Waals surface area contributed by atoms with E-state index in [2.05, 4.69) is 52.6 Å². The molecule has 0 bridgehead atoms. The lowest BCUT2D eigenvalue weighted by molar-refractivity contribution is -0.409. The summed E-state index contributed by atoms with van der Waals surface area (Å²) < 4.78 is 0. The minimum Gasteiger partial charge on any atom is -0.548 e. The van der Waals surface area contributed by atoms with Crippen LogP contribution < -0.4 is 42.7 Å². The Kier molecular flexibility index (Phi) is 19.6. The maximum atomic E-state index is 14.2. The Morgan fingerprint density at radius 2 is 1.38 bits per heavy atom. The number of nitrogens with one attached hydrogen (secondary N) is 8. The van der Waals surface area contributed by atoms with Gasteiger partial charge < -0.3 is 77.7 Å². The van der Waals surface area contributed by atoms with E-state index in [9.17, 15) is 58.8 Å². The molecule has 1 saturated heterocycles. The number of imidazole rings is 1. The zero-order valence-electron chi connectivity index (χ0n) is 40.1. The van der Waals surface area contributed by atoms with E-state index >= 15 is 0 Å². The summed E-state index contributed by atoms with van der Waals surface area (Å²) in [7, 11) is 0. The number of amides is 7. The normalized spacial score (nSPS) is 16.5. The number of carboxylic acid groups (broad SMARTS) is 1. The van der Waals surface area contributed by atoms with Crippen LogP contribution in [0.5, 0.6) is 5.75 Å². The highest BCUT2D eigenvalue weighted by Gasteiger charge is 2.40. The quantitative estimate of drug-likeness (QED) is 0.0308. The third-order valence-electron chi connectivity index (χ3n) is 12.1. The molecule has 3 heterocycles. The number of likely N-dealkylation sites (tertiary alicyclic amines) is 1. The van der Waals surface area contributed by atoms with E-state index in [1.807, 2.05) is 24.3 Å². The van der Waals surface area contributed by atoms with Crippen molar-refractivity contribution in [3.8, 4) is 5.75 Å². The lowest BCUT2D eigenvalue weighted by atomic mass is 9.99. The van der Waals surface area contributed by atoms with Crippen molar-refractivity contribution in [3.63, 3.8) is 0 Å². The number of fused-ring (bicyclic) bond motifs is 1. The Morgan fingerprint density at radius 3 is 2.01 bits per heavy atom. The minimum atomic E-state index is -1.62. The number of aromatic nitrogens is 3. The van der Waals surface area contributed by atoms with E-state index in [4.69, 9.17) is 0 Å². The van der Waals surface area contributed by atoms with Gasteiger partial charge in [0.2, 0.25) is 35.4 Å². The molecule has 14 N–H and O–H groups in total. The average Bonchev–Trinajstić information content (AvgIpc) is 4.14. The van der Waals surface area contributed by atoms with Crippen molar-refractivity contribution in [3.05, 3.63) is 84.1 Å². The van der Waals surface area contributed by atoms with E-state index in [-0.39, 0.29) is 50.3 Å². The SMILES string of the molecule is CC(C)C[C@H](NC(=O)[C@@H]1CCCN1C(=O)[C@H](CO)NC(=O)[C@H](Cc1ccc(O)cc1)NC(=O)[C@@H](NC(=O)[C@H](Cc1c[nH]c2ccccc12)NC(=O)[C@@H]([NH3+])CO)C(C)C)C(=O)N[C@@H](Cc1cnc[nH]1)C(=O)[O-]. The van der Waals surface area contributed by atoms with Gasteiger partial charge in [-0.05, 0) is 60.4 Å². The summed E-state index contributed by atoms with van der Waals surface area (Å²) in [6.07, 6.45) is 4.69. The lowest BCUT2D eigenvalue weighted by Gasteiger charge is -2.31. The molecule has 1 aliphatic heterocycles. The molecule has 0 unspecified atom stereocenters. The standard InChI is InChI=1S/C48H65N11O12/c1-25(2)16-34(42(64)56-37(48(70)71)19-29-21-50-24-52-29)54-45(67)39-10-7-15-59(39)47(69)38(23-61)57-43(65)35(17-27-11-13-30(62)14-12-27)55-46(68)40(26(3)4)58-44(66)36(53-41(63)32(49)22-60)18-28-20-51-33-9-6-5-8-31(28)33/h5-6,8-9,11-14,20-21,24-26,32,34-40,51,60-62H,7,10,15-19,22-23,49H2,1-4H3,(H,50,52)(H,53,63)(H,54,67)(H,55,68)(H,56,64)(H,57,65)(H,58,66)(H,70,71)/t32-,34-,35-,36-,37-,38-,39-,40-/m0/s1. The first-order chi connectivity index (χ1) is 33.8. The van der Waals surface area contributed by atoms with Crippen LogP contribution in [0.25, 0.3) is 10.9 Å². The second kappa shape index (κ2) is 25.5. The fraction of sp³-hybridized carbons (Fsp3) is 0.479. The van der Waals surface area contributed by atoms with Gasteiger partial charge in [-0.2, -0.15) is 0 Å². The zero-order chi connectivity index (χ0) is 51.9. The monoisotopic (exact) mass is 987 g/mol. The summed E-state index contributed by atoms with van der Waals surface area (Å²) >= 11 is 0. The van der Waals surface area contributed by atoms with Crippen LogP contribution in [0.2, 0.25) is 0 Å². The van der Waals surface area contributed by atoms with E-state index in [1.54, 1.807) is 33.9 Å². The maximum Gasteiger partial charge on any atom is 0.281 e. The summed E-state index contributed by atoms with van der Waals surface area (Å²) in [6, 6.07) is 2.57. The first kappa shape index (κ1) is 54.6. The summed E-state index contributed by atoms with van der Waals surface area (Å²) in [6.45, 7) is 5.43. The fourth-order valence-corrected chi connectivity index (χ4v) is 8.24. The predicted molar refractivity (Wildman–Crippen MR) is 253 cm³/mol. The fourth-order valence-electron chi connectivity index (χ4n) is 8.24. The molecule has 4 aromatic rings. The van der Waals surface area contributed by atoms with E-state index in [0.717, 1.165) is 10.9 Å². The number of aromatic amines is 2. The summed E-state index contributed by atoms with van der Waals surface area (Å²) in [4.78, 5) is 120. The van der Waals surface area contributed by atoms with Crippen LogP contribution in [0.4, 0.5) is 0 Å². The molecule has 384 valence electrons. The van der Waals surface area contributed by atoms with Gasteiger partial charge in [-0.1, -0.05) is 58.0 Å². The van der Waals surface area contributed by atoms with Gasteiger partial charge in [-0.3, -0.25) is 33.6 Å². The number of phenolic OH excluding ortho intramolecular Hbond substituents is 1. The van der Waals surface area contributed by atoms with Gasteiger partial charge >= 0.3 is 0 Å². The number of hydrogen-bond donors (Lipinski definition) is 12. The molecular formula is C48H65N11O12. The number of benzene rings is 2. The van der Waals surface area contributed by atoms with Crippen LogP contribution in [0.3, 0.4) is 0 Å². The average molecular weight is 988 g/mol. The first-order valence-corrected chi connectivity index (χ1v) is 23.5. The van der Waals surface area contributed by atoms with Gasteiger partial charge in [-0.15, -0.1) is 0 Å². The Hall–Kier alpha value is -7.37. The number of aliphatic carboxylic acids is 1. The highest BCUT2D eigenvalue weighted by atomic mass is 16.4. The highest BCUT2D eigenvalue weighted by molar-refractivity contribution is 5.98. The number of para-hydroxylation sites is 1. The number of quaternary nitrogens is 1. The summed E-state index contributed by atoms with van der Waals surface area (Å²) in [5.74, 6) is -7.90. The Labute approximate surface area is 409 Å². The molecule has 1 aliphatic rings. The van der Waals surface area contributed by atoms with Gasteiger partial charge in [0.15, 0.2) is 6.04 Å². The van der Waals surface area contributed by atoms with Gasteiger partial charge in [0, 0.05) is 54.8 Å². The number of aliphatic hydroxyl groups is 2. The van der Waals surface area contributed by atoms with Crippen LogP contribution >= 0.6 is 0 Å². The molecule has 0 spiro atoms. The Morgan fingerprint density at radius 1 is 0.746 bits per heavy atom. The molecule has 8 atom stereocenters. The third kappa shape index (κ3) is 15.1. The number of carbonyl (C=O) groups is 8. The first-order valence-electron chi connectivity index (χ1n) is 23.5. The molecule has 0 saturated carbocycles. The van der Waals surface area contributed by atoms with Crippen molar-refractivity contribution in [2.45, 2.75) is 115 Å². The number of hydrogen-bond acceptors (Lipinski definition) is 13. The highest BCUT2D eigenvalue weighted by Crippen LogP contribution is 2.22. The van der Waals surface area contributed by atoms with Crippen molar-refractivity contribution in [1.82, 2.24) is 51.8 Å². The van der Waals surface area contributed by atoms with Gasteiger partial charge in [-0.25, -0.2) is 4.98 Å². The Bertz CT molecular complexity index is 2480. The summed E-state index contributed by atoms with van der Waals surface area (Å²) in [5, 5.41) is 58.5. The van der Waals surface area contributed by atoms with Crippen LogP contribution in [-0.4, -0.2) is 151 Å². The smallest absolute Gasteiger partial charge is 0.281 e. The van der Waals surface area contributed by atoms with Crippen LogP contribution in [0.15, 0.2) is 67.3 Å². The van der Waals surface area contributed by atoms with Gasteiger partial charge in [0.05, 0.1) is 24.9 Å². The van der Waals surface area contributed by atoms with Crippen LogP contribution in [0, 0.1) is 11.8 Å². The second-order valence-corrected chi connectivity index (χ2v) is 18.5. The topological polar surface area (TPSA) is 368 Å². The molecular weight excluding hydrogens is 923 g/mol. The van der Waals surface area contributed by atoms with Crippen LogP contribution in [0.1, 0.15) is 63.8 Å². The number of aromatic hydroxyl groups is 1. The molecule has 0 radical (unpaired) electrons. The molecule has 5 rings (SSSR count). The maximum absolute atomic E-state index is 14.2. The molecule has 2 aromatic carbocycles. The Balaban J connectivity index is 1.31. The van der Waals surface area contributed by atoms with Crippen molar-refractivity contribution in [1.29, 1.82) is 0 Å². The lowest BCUT2D eigenvalue weighted by Crippen LogP contribution is -2.70. The second-order valence-electron chi connectivity index (χ2n) is 18.5.